The number of aliphatic carboxylic acids is 1. The van der Waals surface area contributed by atoms with Crippen molar-refractivity contribution >= 4 is 23.5 Å². The van der Waals surface area contributed by atoms with E-state index in [-0.39, 0.29) is 30.5 Å². The highest BCUT2D eigenvalue weighted by molar-refractivity contribution is 6.31. The van der Waals surface area contributed by atoms with E-state index in [1.165, 1.54) is 0 Å². The van der Waals surface area contributed by atoms with Gasteiger partial charge in [-0.1, -0.05) is 29.8 Å². The van der Waals surface area contributed by atoms with Crippen LogP contribution in [0.4, 0.5) is 0 Å². The predicted molar refractivity (Wildman–Crippen MR) is 83.3 cm³/mol. The number of nitrogens with one attached hydrogen (secondary N) is 3. The quantitative estimate of drug-likeness (QED) is 0.638. The van der Waals surface area contributed by atoms with Crippen LogP contribution in [0.3, 0.4) is 0 Å². The molecule has 1 aliphatic rings. The summed E-state index contributed by atoms with van der Waals surface area (Å²) in [5.41, 5.74) is 6.99. The number of amides is 1. The smallest absolute Gasteiger partial charge is 0.303 e. The maximum atomic E-state index is 12.2. The molecule has 1 heterocycles. The number of carboxylic acid groups (broad SMARTS) is 1. The van der Waals surface area contributed by atoms with Gasteiger partial charge in [-0.2, -0.15) is 0 Å². The molecule has 0 spiro atoms. The van der Waals surface area contributed by atoms with Crippen LogP contribution >= 0.6 is 11.6 Å². The van der Waals surface area contributed by atoms with E-state index in [0.717, 1.165) is 5.56 Å². The van der Waals surface area contributed by atoms with Crippen LogP contribution in [-0.2, 0) is 9.59 Å². The molecule has 1 saturated heterocycles. The number of hydrazine groups is 1. The minimum atomic E-state index is -0.861. The average molecular weight is 326 g/mol. The van der Waals surface area contributed by atoms with Gasteiger partial charge in [-0.15, -0.1) is 0 Å². The summed E-state index contributed by atoms with van der Waals surface area (Å²) in [5.74, 6) is -1.000. The number of halogens is 1. The zero-order chi connectivity index (χ0) is 16.1. The third-order valence-corrected chi connectivity index (χ3v) is 4.02. The zero-order valence-corrected chi connectivity index (χ0v) is 13.1. The van der Waals surface area contributed by atoms with E-state index in [2.05, 4.69) is 16.2 Å². The molecule has 0 radical (unpaired) electrons. The SMILES string of the molecule is CC(CCC(=O)O)NC(=O)C1CC(c2ccccc2Cl)NN1. The summed E-state index contributed by atoms with van der Waals surface area (Å²) >= 11 is 6.16. The molecule has 6 nitrogen and oxygen atoms in total. The van der Waals surface area contributed by atoms with Gasteiger partial charge in [0.25, 0.3) is 0 Å². The van der Waals surface area contributed by atoms with Crippen molar-refractivity contribution < 1.29 is 14.7 Å². The summed E-state index contributed by atoms with van der Waals surface area (Å²) in [5, 5.41) is 12.1. The van der Waals surface area contributed by atoms with Crippen molar-refractivity contribution in [3.63, 3.8) is 0 Å². The first-order valence-corrected chi connectivity index (χ1v) is 7.63. The minimum absolute atomic E-state index is 0.0289. The van der Waals surface area contributed by atoms with E-state index in [0.29, 0.717) is 17.9 Å². The number of hydrogen-bond acceptors (Lipinski definition) is 4. The summed E-state index contributed by atoms with van der Waals surface area (Å²) in [6.07, 6.45) is 1.04. The molecular weight excluding hydrogens is 306 g/mol. The lowest BCUT2D eigenvalue weighted by Gasteiger charge is -2.16. The van der Waals surface area contributed by atoms with Crippen LogP contribution in [0.15, 0.2) is 24.3 Å². The minimum Gasteiger partial charge on any atom is -0.481 e. The molecule has 0 aromatic heterocycles. The molecule has 1 fully saturated rings. The molecular formula is C15H20ClN3O3. The third kappa shape index (κ3) is 4.43. The van der Waals surface area contributed by atoms with E-state index >= 15 is 0 Å². The van der Waals surface area contributed by atoms with Crippen molar-refractivity contribution in [1.29, 1.82) is 0 Å². The lowest BCUT2D eigenvalue weighted by molar-refractivity contribution is -0.137. The Bertz CT molecular complexity index is 553. The first-order chi connectivity index (χ1) is 10.5. The molecule has 2 rings (SSSR count). The summed E-state index contributed by atoms with van der Waals surface area (Å²) in [4.78, 5) is 22.7. The molecule has 22 heavy (non-hydrogen) atoms. The number of hydrogen-bond donors (Lipinski definition) is 4. The Hall–Kier alpha value is -1.63. The van der Waals surface area contributed by atoms with E-state index in [4.69, 9.17) is 16.7 Å². The molecule has 7 heteroatoms. The Morgan fingerprint density at radius 1 is 1.41 bits per heavy atom. The van der Waals surface area contributed by atoms with Crippen molar-refractivity contribution in [3.05, 3.63) is 34.9 Å². The first-order valence-electron chi connectivity index (χ1n) is 7.25. The van der Waals surface area contributed by atoms with Gasteiger partial charge in [0.1, 0.15) is 6.04 Å². The number of rotatable bonds is 6. The highest BCUT2D eigenvalue weighted by Crippen LogP contribution is 2.28. The molecule has 0 aliphatic carbocycles. The average Bonchev–Trinajstić information content (AvgIpc) is 2.95. The Morgan fingerprint density at radius 3 is 2.82 bits per heavy atom. The number of carboxylic acids is 1. The number of carbonyl (C=O) groups excluding carboxylic acids is 1. The molecule has 0 bridgehead atoms. The Balaban J connectivity index is 1.86. The van der Waals surface area contributed by atoms with Crippen LogP contribution in [0.25, 0.3) is 0 Å². The predicted octanol–water partition coefficient (Wildman–Crippen LogP) is 1.62. The van der Waals surface area contributed by atoms with Crippen LogP contribution in [0, 0.1) is 0 Å². The van der Waals surface area contributed by atoms with Crippen LogP contribution < -0.4 is 16.2 Å². The highest BCUT2D eigenvalue weighted by atomic mass is 35.5. The Morgan fingerprint density at radius 2 is 2.14 bits per heavy atom. The molecule has 1 amide bonds. The van der Waals surface area contributed by atoms with Gasteiger partial charge in [0, 0.05) is 23.5 Å². The lowest BCUT2D eigenvalue weighted by Crippen LogP contribution is -2.46. The first kappa shape index (κ1) is 16.7. The standard InChI is InChI=1S/C15H20ClN3O3/c1-9(6-7-14(20)21)17-15(22)13-8-12(18-19-13)10-4-2-3-5-11(10)16/h2-5,9,12-13,18-19H,6-8H2,1H3,(H,17,22)(H,20,21). The highest BCUT2D eigenvalue weighted by Gasteiger charge is 2.31. The van der Waals surface area contributed by atoms with E-state index in [1.54, 1.807) is 6.92 Å². The van der Waals surface area contributed by atoms with Gasteiger partial charge >= 0.3 is 5.97 Å². The summed E-state index contributed by atoms with van der Waals surface area (Å²) in [7, 11) is 0. The molecule has 1 aromatic carbocycles. The molecule has 120 valence electrons. The van der Waals surface area contributed by atoms with Gasteiger partial charge < -0.3 is 10.4 Å². The van der Waals surface area contributed by atoms with Crippen molar-refractivity contribution in [1.82, 2.24) is 16.2 Å². The fourth-order valence-corrected chi connectivity index (χ4v) is 2.71. The van der Waals surface area contributed by atoms with Crippen molar-refractivity contribution in [2.24, 2.45) is 0 Å². The molecule has 0 saturated carbocycles. The second kappa shape index (κ2) is 7.58. The number of carbonyl (C=O) groups is 2. The van der Waals surface area contributed by atoms with Crippen LogP contribution in [-0.4, -0.2) is 29.1 Å². The van der Waals surface area contributed by atoms with Crippen LogP contribution in [0.1, 0.15) is 37.8 Å². The summed E-state index contributed by atoms with van der Waals surface area (Å²) < 4.78 is 0. The topological polar surface area (TPSA) is 90.5 Å². The molecule has 3 unspecified atom stereocenters. The number of benzene rings is 1. The lowest BCUT2D eigenvalue weighted by atomic mass is 10.0. The van der Waals surface area contributed by atoms with Crippen LogP contribution in [0.5, 0.6) is 0 Å². The second-order valence-electron chi connectivity index (χ2n) is 5.49. The summed E-state index contributed by atoms with van der Waals surface area (Å²) in [6.45, 7) is 1.80. The summed E-state index contributed by atoms with van der Waals surface area (Å²) in [6, 6.07) is 6.95. The van der Waals surface area contributed by atoms with E-state index in [1.807, 2.05) is 24.3 Å². The normalized spacial score (nSPS) is 22.3. The van der Waals surface area contributed by atoms with Gasteiger partial charge in [-0.05, 0) is 31.4 Å². The van der Waals surface area contributed by atoms with Crippen molar-refractivity contribution in [2.45, 2.75) is 44.3 Å². The third-order valence-electron chi connectivity index (χ3n) is 3.68. The van der Waals surface area contributed by atoms with Gasteiger partial charge in [-0.25, -0.2) is 10.9 Å². The Labute approximate surface area is 134 Å². The molecule has 1 aromatic rings. The molecule has 3 atom stereocenters. The zero-order valence-electron chi connectivity index (χ0n) is 12.3. The maximum Gasteiger partial charge on any atom is 0.303 e. The van der Waals surface area contributed by atoms with E-state index < -0.39 is 5.97 Å². The van der Waals surface area contributed by atoms with Gasteiger partial charge in [0.15, 0.2) is 0 Å². The Kier molecular flexibility index (Phi) is 5.76. The largest absolute Gasteiger partial charge is 0.481 e. The second-order valence-corrected chi connectivity index (χ2v) is 5.90. The van der Waals surface area contributed by atoms with Crippen molar-refractivity contribution in [3.8, 4) is 0 Å². The van der Waals surface area contributed by atoms with E-state index in [9.17, 15) is 9.59 Å². The maximum absolute atomic E-state index is 12.2. The molecule has 1 aliphatic heterocycles. The van der Waals surface area contributed by atoms with Gasteiger partial charge in [0.05, 0.1) is 0 Å². The molecule has 4 N–H and O–H groups in total. The van der Waals surface area contributed by atoms with Crippen molar-refractivity contribution in [2.75, 3.05) is 0 Å². The fourth-order valence-electron chi connectivity index (χ4n) is 2.45. The van der Waals surface area contributed by atoms with Gasteiger partial charge in [0.2, 0.25) is 5.91 Å². The van der Waals surface area contributed by atoms with Gasteiger partial charge in [-0.3, -0.25) is 9.59 Å². The van der Waals surface area contributed by atoms with Crippen LogP contribution in [0.2, 0.25) is 5.02 Å². The monoisotopic (exact) mass is 325 g/mol. The fraction of sp³-hybridized carbons (Fsp3) is 0.467.